The van der Waals surface area contributed by atoms with Crippen molar-refractivity contribution in [3.05, 3.63) is 29.8 Å². The van der Waals surface area contributed by atoms with Gasteiger partial charge in [0.25, 0.3) is 0 Å². The van der Waals surface area contributed by atoms with Gasteiger partial charge in [0.1, 0.15) is 0 Å². The topological polar surface area (TPSA) is 40.9 Å². The Kier molecular flexibility index (Phi) is 6.11. The molecule has 0 amide bonds. The zero-order valence-corrected chi connectivity index (χ0v) is 12.7. The van der Waals surface area contributed by atoms with Crippen LogP contribution in [0.1, 0.15) is 50.4 Å². The number of hydrogen-bond donors (Lipinski definition) is 0. The number of thioether (sulfide) groups is 1. The molecule has 1 aromatic carbocycles. The van der Waals surface area contributed by atoms with E-state index in [4.69, 9.17) is 5.26 Å². The van der Waals surface area contributed by atoms with E-state index in [2.05, 4.69) is 6.07 Å². The molecule has 2 nitrogen and oxygen atoms in total. The summed E-state index contributed by atoms with van der Waals surface area (Å²) < 4.78 is 0. The molecule has 102 valence electrons. The minimum Gasteiger partial charge on any atom is -0.295 e. The van der Waals surface area contributed by atoms with Crippen molar-refractivity contribution in [2.75, 3.05) is 5.75 Å². The maximum Gasteiger partial charge on any atom is 0.159 e. The van der Waals surface area contributed by atoms with Crippen molar-refractivity contribution in [2.45, 2.75) is 44.9 Å². The number of carbonyl (C=O) groups excluding carboxylic acids is 1. The minimum absolute atomic E-state index is 0.109. The van der Waals surface area contributed by atoms with Gasteiger partial charge in [0.05, 0.1) is 11.5 Å². The Bertz CT molecular complexity index is 474. The number of rotatable bonds is 7. The van der Waals surface area contributed by atoms with Gasteiger partial charge < -0.3 is 0 Å². The van der Waals surface area contributed by atoms with Crippen LogP contribution in [0.4, 0.5) is 0 Å². The van der Waals surface area contributed by atoms with Crippen molar-refractivity contribution in [2.24, 2.45) is 5.41 Å². The largest absolute Gasteiger partial charge is 0.295 e. The molecule has 1 rings (SSSR count). The molecule has 0 N–H and O–H groups in total. The van der Waals surface area contributed by atoms with E-state index in [-0.39, 0.29) is 11.2 Å². The molecule has 0 unspecified atom stereocenters. The number of ketones is 1. The number of hydrogen-bond acceptors (Lipinski definition) is 3. The maximum atomic E-state index is 11.3. The van der Waals surface area contributed by atoms with Crippen molar-refractivity contribution < 1.29 is 4.79 Å². The fourth-order valence-electron chi connectivity index (χ4n) is 1.72. The highest BCUT2D eigenvalue weighted by Crippen LogP contribution is 2.25. The summed E-state index contributed by atoms with van der Waals surface area (Å²) in [5.74, 6) is 1.14. The van der Waals surface area contributed by atoms with Crippen LogP contribution in [0.15, 0.2) is 29.2 Å². The standard InChI is InChI=1S/C16H21NOS/c1-13(18)14-7-6-8-15(11-14)19-10-5-4-9-16(2,3)12-17/h6-8,11H,4-5,9-10H2,1-3H3. The van der Waals surface area contributed by atoms with Gasteiger partial charge in [-0.05, 0) is 51.5 Å². The fourth-order valence-corrected chi connectivity index (χ4v) is 2.69. The average Bonchev–Trinajstić information content (AvgIpc) is 2.38. The highest BCUT2D eigenvalue weighted by molar-refractivity contribution is 7.99. The Morgan fingerprint density at radius 2 is 2.11 bits per heavy atom. The van der Waals surface area contributed by atoms with Gasteiger partial charge in [-0.3, -0.25) is 4.79 Å². The van der Waals surface area contributed by atoms with Gasteiger partial charge in [0, 0.05) is 10.5 Å². The Hall–Kier alpha value is -1.27. The highest BCUT2D eigenvalue weighted by atomic mass is 32.2. The summed E-state index contributed by atoms with van der Waals surface area (Å²) in [5.41, 5.74) is 0.565. The molecule has 0 saturated heterocycles. The van der Waals surface area contributed by atoms with Crippen LogP contribution in [0.3, 0.4) is 0 Å². The molecule has 3 heteroatoms. The molecular weight excluding hydrogens is 254 g/mol. The summed E-state index contributed by atoms with van der Waals surface area (Å²) in [4.78, 5) is 12.4. The second-order valence-electron chi connectivity index (χ2n) is 5.39. The monoisotopic (exact) mass is 275 g/mol. The second kappa shape index (κ2) is 7.35. The normalized spacial score (nSPS) is 11.1. The number of unbranched alkanes of at least 4 members (excludes halogenated alkanes) is 1. The maximum absolute atomic E-state index is 11.3. The molecule has 0 aromatic heterocycles. The Labute approximate surface area is 120 Å². The lowest BCUT2D eigenvalue weighted by Gasteiger charge is -2.14. The van der Waals surface area contributed by atoms with Gasteiger partial charge in [0.15, 0.2) is 5.78 Å². The molecule has 0 spiro atoms. The van der Waals surface area contributed by atoms with Crippen molar-refractivity contribution in [3.63, 3.8) is 0 Å². The third-order valence-corrected chi connectivity index (χ3v) is 4.09. The Balaban J connectivity index is 2.32. The van der Waals surface area contributed by atoms with E-state index in [1.807, 2.05) is 38.1 Å². The number of carbonyl (C=O) groups is 1. The lowest BCUT2D eigenvalue weighted by atomic mass is 9.89. The number of Topliss-reactive ketones (excluding diaryl/α,β-unsaturated/α-hetero) is 1. The lowest BCUT2D eigenvalue weighted by molar-refractivity contribution is 0.101. The molecule has 0 aliphatic carbocycles. The summed E-state index contributed by atoms with van der Waals surface area (Å²) in [7, 11) is 0. The van der Waals surface area contributed by atoms with E-state index in [0.717, 1.165) is 35.5 Å². The van der Waals surface area contributed by atoms with Crippen LogP contribution in [-0.4, -0.2) is 11.5 Å². The fraction of sp³-hybridized carbons (Fsp3) is 0.500. The van der Waals surface area contributed by atoms with Crippen molar-refractivity contribution in [1.82, 2.24) is 0 Å². The molecule has 0 heterocycles. The third kappa shape index (κ3) is 5.94. The first-order chi connectivity index (χ1) is 8.94. The quantitative estimate of drug-likeness (QED) is 0.411. The lowest BCUT2D eigenvalue weighted by Crippen LogP contribution is -2.07. The summed E-state index contributed by atoms with van der Waals surface area (Å²) in [6, 6.07) is 10.1. The average molecular weight is 275 g/mol. The molecule has 0 fully saturated rings. The van der Waals surface area contributed by atoms with Crippen LogP contribution in [0.2, 0.25) is 0 Å². The second-order valence-corrected chi connectivity index (χ2v) is 6.55. The number of benzene rings is 1. The van der Waals surface area contributed by atoms with Crippen molar-refractivity contribution >= 4 is 17.5 Å². The van der Waals surface area contributed by atoms with Gasteiger partial charge in [-0.1, -0.05) is 18.6 Å². The van der Waals surface area contributed by atoms with Crippen LogP contribution in [-0.2, 0) is 0 Å². The van der Waals surface area contributed by atoms with Crippen LogP contribution >= 0.6 is 11.8 Å². The van der Waals surface area contributed by atoms with Gasteiger partial charge in [-0.2, -0.15) is 5.26 Å². The SMILES string of the molecule is CC(=O)c1cccc(SCCCCC(C)(C)C#N)c1. The molecule has 19 heavy (non-hydrogen) atoms. The van der Waals surface area contributed by atoms with E-state index in [0.29, 0.717) is 0 Å². The summed E-state index contributed by atoms with van der Waals surface area (Å²) in [6.45, 7) is 5.56. The minimum atomic E-state index is -0.209. The number of nitrogens with zero attached hydrogens (tertiary/aromatic N) is 1. The predicted octanol–water partition coefficient (Wildman–Crippen LogP) is 4.70. The van der Waals surface area contributed by atoms with Crippen LogP contribution < -0.4 is 0 Å². The summed E-state index contributed by atoms with van der Waals surface area (Å²) in [5, 5.41) is 8.92. The molecule has 0 saturated carbocycles. The van der Waals surface area contributed by atoms with Gasteiger partial charge in [-0.15, -0.1) is 11.8 Å². The third-order valence-electron chi connectivity index (χ3n) is 3.01. The Morgan fingerprint density at radius 1 is 1.37 bits per heavy atom. The van der Waals surface area contributed by atoms with Gasteiger partial charge in [0.2, 0.25) is 0 Å². The molecular formula is C16H21NOS. The van der Waals surface area contributed by atoms with E-state index >= 15 is 0 Å². The first kappa shape index (κ1) is 15.8. The van der Waals surface area contributed by atoms with Crippen LogP contribution in [0.25, 0.3) is 0 Å². The number of nitriles is 1. The predicted molar refractivity (Wildman–Crippen MR) is 80.4 cm³/mol. The molecule has 1 aromatic rings. The van der Waals surface area contributed by atoms with E-state index < -0.39 is 0 Å². The molecule has 0 atom stereocenters. The summed E-state index contributed by atoms with van der Waals surface area (Å²) in [6.07, 6.45) is 3.11. The zero-order chi connectivity index (χ0) is 14.3. The van der Waals surface area contributed by atoms with Crippen molar-refractivity contribution in [3.8, 4) is 6.07 Å². The molecule has 0 radical (unpaired) electrons. The highest BCUT2D eigenvalue weighted by Gasteiger charge is 2.15. The van der Waals surface area contributed by atoms with E-state index in [1.54, 1.807) is 18.7 Å². The van der Waals surface area contributed by atoms with Gasteiger partial charge in [-0.25, -0.2) is 0 Å². The van der Waals surface area contributed by atoms with Crippen LogP contribution in [0, 0.1) is 16.7 Å². The first-order valence-corrected chi connectivity index (χ1v) is 7.58. The Morgan fingerprint density at radius 3 is 2.74 bits per heavy atom. The van der Waals surface area contributed by atoms with E-state index in [9.17, 15) is 4.79 Å². The van der Waals surface area contributed by atoms with Crippen LogP contribution in [0.5, 0.6) is 0 Å². The summed E-state index contributed by atoms with van der Waals surface area (Å²) >= 11 is 1.78. The zero-order valence-electron chi connectivity index (χ0n) is 11.9. The smallest absolute Gasteiger partial charge is 0.159 e. The molecule has 0 aliphatic heterocycles. The van der Waals surface area contributed by atoms with Crippen molar-refractivity contribution in [1.29, 1.82) is 5.26 Å². The van der Waals surface area contributed by atoms with E-state index in [1.165, 1.54) is 0 Å². The van der Waals surface area contributed by atoms with Gasteiger partial charge >= 0.3 is 0 Å². The first-order valence-electron chi connectivity index (χ1n) is 6.60. The molecule has 0 bridgehead atoms. The molecule has 0 aliphatic rings.